The Balaban J connectivity index is 2.05. The predicted octanol–water partition coefficient (Wildman–Crippen LogP) is 2.24. The minimum atomic E-state index is -0.156. The van der Waals surface area contributed by atoms with Gasteiger partial charge in [-0.15, -0.1) is 11.3 Å². The van der Waals surface area contributed by atoms with E-state index >= 15 is 0 Å². The minimum Gasteiger partial charge on any atom is -0.360 e. The van der Waals surface area contributed by atoms with E-state index in [9.17, 15) is 4.79 Å². The van der Waals surface area contributed by atoms with Gasteiger partial charge in [0.15, 0.2) is 0 Å². The first-order valence-corrected chi connectivity index (χ1v) is 6.64. The SMILES string of the molecule is CCc1onc(C)c1C(=O)NCc1csc(C)n1. The Morgan fingerprint density at radius 2 is 2.28 bits per heavy atom. The number of hydrogen-bond donors (Lipinski definition) is 1. The summed E-state index contributed by atoms with van der Waals surface area (Å²) in [6.07, 6.45) is 0.652. The summed E-state index contributed by atoms with van der Waals surface area (Å²) in [5.74, 6) is 0.468. The molecule has 0 aromatic carbocycles. The highest BCUT2D eigenvalue weighted by molar-refractivity contribution is 7.09. The summed E-state index contributed by atoms with van der Waals surface area (Å²) in [4.78, 5) is 16.3. The van der Waals surface area contributed by atoms with Crippen LogP contribution in [0.1, 0.15) is 39.4 Å². The highest BCUT2D eigenvalue weighted by atomic mass is 32.1. The summed E-state index contributed by atoms with van der Waals surface area (Å²) in [6.45, 7) is 6.07. The molecule has 5 nitrogen and oxygen atoms in total. The Labute approximate surface area is 109 Å². The van der Waals surface area contributed by atoms with Gasteiger partial charge in [-0.1, -0.05) is 12.1 Å². The lowest BCUT2D eigenvalue weighted by atomic mass is 10.1. The number of rotatable bonds is 4. The van der Waals surface area contributed by atoms with Gasteiger partial charge in [-0.05, 0) is 13.8 Å². The van der Waals surface area contributed by atoms with Crippen LogP contribution in [0, 0.1) is 13.8 Å². The second-order valence-electron chi connectivity index (χ2n) is 3.96. The van der Waals surface area contributed by atoms with Gasteiger partial charge in [0.2, 0.25) is 0 Å². The van der Waals surface area contributed by atoms with Crippen molar-refractivity contribution < 1.29 is 9.32 Å². The average Bonchev–Trinajstić information content (AvgIpc) is 2.92. The van der Waals surface area contributed by atoms with E-state index in [-0.39, 0.29) is 5.91 Å². The fourth-order valence-corrected chi connectivity index (χ4v) is 2.31. The number of aryl methyl sites for hydroxylation is 3. The van der Waals surface area contributed by atoms with Crippen LogP contribution in [-0.4, -0.2) is 16.0 Å². The standard InChI is InChI=1S/C12H15N3O2S/c1-4-10-11(7(2)15-17-10)12(16)13-5-9-6-18-8(3)14-9/h6H,4-5H2,1-3H3,(H,13,16). The van der Waals surface area contributed by atoms with Crippen LogP contribution < -0.4 is 5.32 Å². The predicted molar refractivity (Wildman–Crippen MR) is 68.6 cm³/mol. The smallest absolute Gasteiger partial charge is 0.257 e. The minimum absolute atomic E-state index is 0.156. The summed E-state index contributed by atoms with van der Waals surface area (Å²) in [7, 11) is 0. The summed E-state index contributed by atoms with van der Waals surface area (Å²) >= 11 is 1.57. The van der Waals surface area contributed by atoms with Crippen molar-refractivity contribution in [3.63, 3.8) is 0 Å². The molecule has 2 aromatic rings. The topological polar surface area (TPSA) is 68.0 Å². The highest BCUT2D eigenvalue weighted by Crippen LogP contribution is 2.14. The van der Waals surface area contributed by atoms with Gasteiger partial charge in [0.25, 0.3) is 5.91 Å². The molecule has 2 heterocycles. The molecule has 2 aromatic heterocycles. The van der Waals surface area contributed by atoms with Gasteiger partial charge in [0.1, 0.15) is 11.3 Å². The van der Waals surface area contributed by atoms with Crippen LogP contribution in [-0.2, 0) is 13.0 Å². The van der Waals surface area contributed by atoms with E-state index in [1.54, 1.807) is 18.3 Å². The maximum Gasteiger partial charge on any atom is 0.257 e. The van der Waals surface area contributed by atoms with E-state index in [1.807, 2.05) is 19.2 Å². The van der Waals surface area contributed by atoms with E-state index in [2.05, 4.69) is 15.5 Å². The van der Waals surface area contributed by atoms with Crippen molar-refractivity contribution in [3.05, 3.63) is 33.1 Å². The van der Waals surface area contributed by atoms with Gasteiger partial charge in [0, 0.05) is 11.8 Å². The first-order chi connectivity index (χ1) is 8.61. The summed E-state index contributed by atoms with van der Waals surface area (Å²) in [6, 6.07) is 0. The molecule has 1 amide bonds. The molecule has 0 radical (unpaired) electrons. The lowest BCUT2D eigenvalue weighted by molar-refractivity contribution is 0.0948. The number of aromatic nitrogens is 2. The highest BCUT2D eigenvalue weighted by Gasteiger charge is 2.18. The molecule has 0 aliphatic carbocycles. The van der Waals surface area contributed by atoms with Gasteiger partial charge in [-0.3, -0.25) is 4.79 Å². The van der Waals surface area contributed by atoms with Gasteiger partial charge in [-0.25, -0.2) is 4.98 Å². The second kappa shape index (κ2) is 5.30. The number of nitrogens with one attached hydrogen (secondary N) is 1. The van der Waals surface area contributed by atoms with Crippen LogP contribution in [0.3, 0.4) is 0 Å². The van der Waals surface area contributed by atoms with E-state index < -0.39 is 0 Å². The summed E-state index contributed by atoms with van der Waals surface area (Å²) in [5, 5.41) is 9.59. The van der Waals surface area contributed by atoms with Crippen molar-refractivity contribution in [2.24, 2.45) is 0 Å². The maximum atomic E-state index is 12.1. The van der Waals surface area contributed by atoms with Crippen molar-refractivity contribution in [1.29, 1.82) is 0 Å². The van der Waals surface area contributed by atoms with Gasteiger partial charge < -0.3 is 9.84 Å². The number of carbonyl (C=O) groups is 1. The Kier molecular flexibility index (Phi) is 3.76. The normalized spacial score (nSPS) is 10.6. The van der Waals surface area contributed by atoms with Crippen LogP contribution in [0.4, 0.5) is 0 Å². The molecule has 0 aliphatic heterocycles. The number of thiazole rings is 1. The molecule has 2 rings (SSSR count). The van der Waals surface area contributed by atoms with E-state index in [4.69, 9.17) is 4.52 Å². The zero-order chi connectivity index (χ0) is 13.1. The van der Waals surface area contributed by atoms with Crippen LogP contribution in [0.5, 0.6) is 0 Å². The average molecular weight is 265 g/mol. The van der Waals surface area contributed by atoms with Crippen molar-refractivity contribution in [3.8, 4) is 0 Å². The largest absolute Gasteiger partial charge is 0.360 e. The quantitative estimate of drug-likeness (QED) is 0.920. The number of nitrogens with zero attached hydrogens (tertiary/aromatic N) is 2. The zero-order valence-corrected chi connectivity index (χ0v) is 11.4. The van der Waals surface area contributed by atoms with Crippen LogP contribution in [0.2, 0.25) is 0 Å². The molecular formula is C12H15N3O2S. The number of carbonyl (C=O) groups excluding carboxylic acids is 1. The van der Waals surface area contributed by atoms with Gasteiger partial charge >= 0.3 is 0 Å². The zero-order valence-electron chi connectivity index (χ0n) is 10.6. The Morgan fingerprint density at radius 1 is 1.50 bits per heavy atom. The third-order valence-electron chi connectivity index (χ3n) is 2.58. The molecule has 0 saturated carbocycles. The van der Waals surface area contributed by atoms with Gasteiger partial charge in [0.05, 0.1) is 22.9 Å². The molecule has 0 saturated heterocycles. The monoisotopic (exact) mass is 265 g/mol. The third-order valence-corrected chi connectivity index (χ3v) is 3.40. The fraction of sp³-hybridized carbons (Fsp3) is 0.417. The maximum absolute atomic E-state index is 12.1. The lowest BCUT2D eigenvalue weighted by Crippen LogP contribution is -2.24. The van der Waals surface area contributed by atoms with Crippen molar-refractivity contribution >= 4 is 17.2 Å². The van der Waals surface area contributed by atoms with E-state index in [1.165, 1.54) is 0 Å². The van der Waals surface area contributed by atoms with Crippen molar-refractivity contribution in [2.45, 2.75) is 33.7 Å². The molecular weight excluding hydrogens is 250 g/mol. The molecule has 96 valence electrons. The molecule has 0 unspecified atom stereocenters. The molecule has 0 spiro atoms. The van der Waals surface area contributed by atoms with E-state index in [0.717, 1.165) is 10.7 Å². The molecule has 0 fully saturated rings. The lowest BCUT2D eigenvalue weighted by Gasteiger charge is -2.02. The number of hydrogen-bond acceptors (Lipinski definition) is 5. The fourth-order valence-electron chi connectivity index (χ4n) is 1.70. The van der Waals surface area contributed by atoms with Crippen LogP contribution in [0.25, 0.3) is 0 Å². The Hall–Kier alpha value is -1.69. The second-order valence-corrected chi connectivity index (χ2v) is 5.02. The van der Waals surface area contributed by atoms with E-state index in [0.29, 0.717) is 30.0 Å². The number of amides is 1. The third kappa shape index (κ3) is 2.59. The molecule has 0 bridgehead atoms. The first kappa shape index (κ1) is 12.8. The molecule has 0 aliphatic rings. The molecule has 0 atom stereocenters. The van der Waals surface area contributed by atoms with Gasteiger partial charge in [-0.2, -0.15) is 0 Å². The molecule has 6 heteroatoms. The van der Waals surface area contributed by atoms with Crippen LogP contribution >= 0.6 is 11.3 Å². The Bertz CT molecular complexity index is 559. The molecule has 18 heavy (non-hydrogen) atoms. The van der Waals surface area contributed by atoms with Crippen molar-refractivity contribution in [2.75, 3.05) is 0 Å². The summed E-state index contributed by atoms with van der Waals surface area (Å²) in [5.41, 5.74) is 2.04. The summed E-state index contributed by atoms with van der Waals surface area (Å²) < 4.78 is 5.10. The van der Waals surface area contributed by atoms with Crippen molar-refractivity contribution in [1.82, 2.24) is 15.5 Å². The van der Waals surface area contributed by atoms with Crippen LogP contribution in [0.15, 0.2) is 9.90 Å². The molecule has 1 N–H and O–H groups in total. The first-order valence-electron chi connectivity index (χ1n) is 5.76. The Morgan fingerprint density at radius 3 is 2.89 bits per heavy atom.